The van der Waals surface area contributed by atoms with Crippen LogP contribution in [0.1, 0.15) is 6.92 Å². The molecule has 0 saturated carbocycles. The Labute approximate surface area is 42.9 Å². The van der Waals surface area contributed by atoms with Crippen LogP contribution >= 0.6 is 0 Å². The number of carbonyl (C=O) groups excluding carboxylic acids is 1. The number of carboxylic acid groups (broad SMARTS) is 1. The van der Waals surface area contributed by atoms with E-state index in [-0.39, 0.29) is 19.5 Å². The molecule has 0 radical (unpaired) electrons. The summed E-state index contributed by atoms with van der Waals surface area (Å²) in [5.74, 6) is -1.08. The molecular formula is C2H3O2Zn-. The van der Waals surface area contributed by atoms with Crippen LogP contribution in [0, 0.1) is 0 Å². The predicted octanol–water partition coefficient (Wildman–Crippen LogP) is -1.25. The van der Waals surface area contributed by atoms with E-state index >= 15 is 0 Å². The fourth-order valence-electron chi connectivity index (χ4n) is 0. The van der Waals surface area contributed by atoms with Crippen LogP contribution in [0.4, 0.5) is 0 Å². The topological polar surface area (TPSA) is 40.1 Å². The number of aliphatic carboxylic acids is 1. The van der Waals surface area contributed by atoms with Gasteiger partial charge in [-0.1, -0.05) is 0 Å². The van der Waals surface area contributed by atoms with E-state index < -0.39 is 5.97 Å². The van der Waals surface area contributed by atoms with Crippen LogP contribution in [0.2, 0.25) is 0 Å². The van der Waals surface area contributed by atoms with Crippen molar-refractivity contribution in [3.8, 4) is 0 Å². The van der Waals surface area contributed by atoms with E-state index in [1.165, 1.54) is 0 Å². The Hall–Kier alpha value is 0.0934. The maximum absolute atomic E-state index is 8.89. The Morgan fingerprint density at radius 1 is 1.80 bits per heavy atom. The van der Waals surface area contributed by atoms with Gasteiger partial charge in [0, 0.05) is 25.4 Å². The molecule has 0 N–H and O–H groups in total. The summed E-state index contributed by atoms with van der Waals surface area (Å²) in [5, 5.41) is 8.89. The molecule has 0 fully saturated rings. The second-order valence-electron chi connectivity index (χ2n) is 0.492. The second-order valence-corrected chi connectivity index (χ2v) is 0.492. The van der Waals surface area contributed by atoms with Crippen LogP contribution in [-0.2, 0) is 24.3 Å². The van der Waals surface area contributed by atoms with Crippen molar-refractivity contribution in [1.29, 1.82) is 0 Å². The molecule has 0 aliphatic rings. The normalized spacial score (nSPS) is 5.00. The fourth-order valence-corrected chi connectivity index (χ4v) is 0. The number of hydrogen-bond donors (Lipinski definition) is 0. The predicted molar refractivity (Wildman–Crippen MR) is 10.7 cm³/mol. The Morgan fingerprint density at radius 2 is 1.80 bits per heavy atom. The third-order valence-electron chi connectivity index (χ3n) is 0. The minimum Gasteiger partial charge on any atom is -0.550 e. The average molecular weight is 124 g/mol. The molecule has 0 aromatic heterocycles. The third-order valence-corrected chi connectivity index (χ3v) is 0. The van der Waals surface area contributed by atoms with Gasteiger partial charge in [-0.3, -0.25) is 0 Å². The Bertz CT molecular complexity index is 30.6. The van der Waals surface area contributed by atoms with Crippen molar-refractivity contribution in [2.24, 2.45) is 0 Å². The van der Waals surface area contributed by atoms with E-state index in [9.17, 15) is 0 Å². The quantitative estimate of drug-likeness (QED) is 0.379. The number of hydrogen-bond acceptors (Lipinski definition) is 2. The van der Waals surface area contributed by atoms with Crippen LogP contribution in [0.5, 0.6) is 0 Å². The monoisotopic (exact) mass is 123 g/mol. The van der Waals surface area contributed by atoms with Crippen molar-refractivity contribution in [1.82, 2.24) is 0 Å². The summed E-state index contributed by atoms with van der Waals surface area (Å²) in [5.41, 5.74) is 0. The molecule has 0 heterocycles. The standard InChI is InChI=1S/C2H4O2.Zn/c1-2(3)4;/h1H3,(H,3,4);/p-1. The molecule has 0 spiro atoms. The summed E-state index contributed by atoms with van der Waals surface area (Å²) in [4.78, 5) is 8.89. The van der Waals surface area contributed by atoms with E-state index in [0.717, 1.165) is 6.92 Å². The van der Waals surface area contributed by atoms with Gasteiger partial charge in [-0.05, 0) is 6.92 Å². The molecule has 3 heteroatoms. The number of carboxylic acids is 1. The van der Waals surface area contributed by atoms with Gasteiger partial charge in [0.2, 0.25) is 0 Å². The summed E-state index contributed by atoms with van der Waals surface area (Å²) in [6.45, 7) is 0.972. The zero-order valence-electron chi connectivity index (χ0n) is 3.02. The van der Waals surface area contributed by atoms with E-state index in [1.807, 2.05) is 0 Å². The Kier molecular flexibility index (Phi) is 7.30. The molecular weight excluding hydrogens is 121 g/mol. The summed E-state index contributed by atoms with van der Waals surface area (Å²) in [7, 11) is 0. The zero-order valence-corrected chi connectivity index (χ0v) is 5.99. The first kappa shape index (κ1) is 8.92. The van der Waals surface area contributed by atoms with E-state index in [2.05, 4.69) is 0 Å². The molecule has 0 aliphatic carbocycles. The summed E-state index contributed by atoms with van der Waals surface area (Å²) >= 11 is 0. The molecule has 0 unspecified atom stereocenters. The number of carbonyl (C=O) groups is 1. The molecule has 26 valence electrons. The van der Waals surface area contributed by atoms with Gasteiger partial charge >= 0.3 is 0 Å². The minimum atomic E-state index is -1.08. The number of rotatable bonds is 0. The first-order valence-electron chi connectivity index (χ1n) is 0.908. The van der Waals surface area contributed by atoms with Crippen molar-refractivity contribution in [3.63, 3.8) is 0 Å². The van der Waals surface area contributed by atoms with Gasteiger partial charge in [0.25, 0.3) is 0 Å². The van der Waals surface area contributed by atoms with Crippen molar-refractivity contribution >= 4 is 5.97 Å². The minimum absolute atomic E-state index is 0. The largest absolute Gasteiger partial charge is 0.550 e. The first-order valence-corrected chi connectivity index (χ1v) is 0.908. The molecule has 0 amide bonds. The van der Waals surface area contributed by atoms with E-state index in [0.29, 0.717) is 0 Å². The van der Waals surface area contributed by atoms with Gasteiger partial charge in [-0.15, -0.1) is 0 Å². The Morgan fingerprint density at radius 3 is 1.80 bits per heavy atom. The van der Waals surface area contributed by atoms with Gasteiger partial charge in [-0.2, -0.15) is 0 Å². The van der Waals surface area contributed by atoms with Gasteiger partial charge < -0.3 is 9.90 Å². The van der Waals surface area contributed by atoms with Gasteiger partial charge in [0.1, 0.15) is 0 Å². The molecule has 0 aromatic rings. The molecule has 0 rings (SSSR count). The first-order chi connectivity index (χ1) is 1.73. The third kappa shape index (κ3) is 2060. The molecule has 0 saturated heterocycles. The summed E-state index contributed by atoms with van der Waals surface area (Å²) in [6, 6.07) is 0. The van der Waals surface area contributed by atoms with Gasteiger partial charge in [0.05, 0.1) is 0 Å². The Balaban J connectivity index is 0. The van der Waals surface area contributed by atoms with Crippen molar-refractivity contribution < 1.29 is 29.4 Å². The molecule has 5 heavy (non-hydrogen) atoms. The maximum Gasteiger partial charge on any atom is 0.0383 e. The van der Waals surface area contributed by atoms with Crippen LogP contribution in [-0.4, -0.2) is 5.97 Å². The van der Waals surface area contributed by atoms with Crippen LogP contribution in [0.15, 0.2) is 0 Å². The van der Waals surface area contributed by atoms with Crippen LogP contribution in [0.3, 0.4) is 0 Å². The molecule has 2 nitrogen and oxygen atoms in total. The van der Waals surface area contributed by atoms with Crippen molar-refractivity contribution in [2.45, 2.75) is 6.92 Å². The molecule has 0 atom stereocenters. The fraction of sp³-hybridized carbons (Fsp3) is 0.500. The maximum atomic E-state index is 8.89. The average Bonchev–Trinajstić information content (AvgIpc) is 0.811. The van der Waals surface area contributed by atoms with E-state index in [1.54, 1.807) is 0 Å². The molecule has 0 bridgehead atoms. The van der Waals surface area contributed by atoms with Gasteiger partial charge in [0.15, 0.2) is 0 Å². The van der Waals surface area contributed by atoms with Gasteiger partial charge in [-0.25, -0.2) is 0 Å². The summed E-state index contributed by atoms with van der Waals surface area (Å²) in [6.07, 6.45) is 0. The van der Waals surface area contributed by atoms with Crippen LogP contribution < -0.4 is 5.11 Å². The van der Waals surface area contributed by atoms with Crippen molar-refractivity contribution in [2.75, 3.05) is 0 Å². The second kappa shape index (κ2) is 4.09. The zero-order chi connectivity index (χ0) is 3.58. The molecule has 0 aliphatic heterocycles. The summed E-state index contributed by atoms with van der Waals surface area (Å²) < 4.78 is 0. The smallest absolute Gasteiger partial charge is 0.0383 e. The van der Waals surface area contributed by atoms with Crippen molar-refractivity contribution in [3.05, 3.63) is 0 Å². The molecule has 0 aromatic carbocycles. The van der Waals surface area contributed by atoms with Crippen LogP contribution in [0.25, 0.3) is 0 Å². The van der Waals surface area contributed by atoms with E-state index in [4.69, 9.17) is 9.90 Å². The SMILES string of the molecule is CC(=O)[O-].[Zn].